The lowest BCUT2D eigenvalue weighted by Gasteiger charge is -1.95. The first-order valence-electron chi connectivity index (χ1n) is 5.34. The van der Waals surface area contributed by atoms with Crippen molar-refractivity contribution in [2.45, 2.75) is 25.0 Å². The van der Waals surface area contributed by atoms with Gasteiger partial charge in [-0.1, -0.05) is 0 Å². The van der Waals surface area contributed by atoms with Crippen molar-refractivity contribution in [3.05, 3.63) is 0 Å². The largest absolute Gasteiger partial charge is 0.381 e. The maximum atomic E-state index is 5.23. The first kappa shape index (κ1) is 10.4. The second kappa shape index (κ2) is 5.66. The van der Waals surface area contributed by atoms with E-state index < -0.39 is 0 Å². The predicted molar refractivity (Wildman–Crippen MR) is 50.4 cm³/mol. The number of epoxide rings is 2. The molecule has 2 unspecified atom stereocenters. The van der Waals surface area contributed by atoms with Crippen molar-refractivity contribution in [3.8, 4) is 0 Å². The molecule has 0 aromatic carbocycles. The fourth-order valence-electron chi connectivity index (χ4n) is 1.17. The zero-order valence-corrected chi connectivity index (χ0v) is 8.44. The molecule has 3 rings (SSSR count). The molecule has 0 spiro atoms. The van der Waals surface area contributed by atoms with Crippen LogP contribution in [0.2, 0.25) is 0 Å². The Balaban J connectivity index is 0.000000128. The first-order chi connectivity index (χ1) is 6.95. The molecule has 0 saturated carbocycles. The molecule has 3 aliphatic heterocycles. The average molecular weight is 202 g/mol. The SMILES string of the molecule is C(OCC1CO1)C1CO1.C1CCOC1. The maximum Gasteiger partial charge on any atom is 0.104 e. The zero-order chi connectivity index (χ0) is 9.64. The van der Waals surface area contributed by atoms with Gasteiger partial charge in [-0.15, -0.1) is 0 Å². The molecular formula is C10H18O4. The van der Waals surface area contributed by atoms with Gasteiger partial charge in [0.1, 0.15) is 12.2 Å². The molecule has 0 aromatic rings. The highest BCUT2D eigenvalue weighted by molar-refractivity contribution is 4.71. The standard InChI is InChI=1S/C6H10O3.C4H8O/c1(5-3-8-5)7-2-6-4-9-6;1-2-4-5-3-1/h5-6H,1-4H2;1-4H2. The molecule has 3 heterocycles. The van der Waals surface area contributed by atoms with Crippen LogP contribution in [-0.4, -0.2) is 51.8 Å². The Morgan fingerprint density at radius 3 is 1.71 bits per heavy atom. The highest BCUT2D eigenvalue weighted by Crippen LogP contribution is 2.12. The summed E-state index contributed by atoms with van der Waals surface area (Å²) >= 11 is 0. The third-order valence-corrected chi connectivity index (χ3v) is 2.24. The van der Waals surface area contributed by atoms with Gasteiger partial charge < -0.3 is 18.9 Å². The molecule has 82 valence electrons. The van der Waals surface area contributed by atoms with Gasteiger partial charge in [0.2, 0.25) is 0 Å². The summed E-state index contributed by atoms with van der Waals surface area (Å²) in [7, 11) is 0. The van der Waals surface area contributed by atoms with E-state index in [1.165, 1.54) is 12.8 Å². The molecule has 0 N–H and O–H groups in total. The van der Waals surface area contributed by atoms with E-state index in [-0.39, 0.29) is 0 Å². The Morgan fingerprint density at radius 1 is 0.929 bits per heavy atom. The quantitative estimate of drug-likeness (QED) is 0.626. The maximum absolute atomic E-state index is 5.23. The molecule has 0 aliphatic carbocycles. The van der Waals surface area contributed by atoms with Gasteiger partial charge in [-0.25, -0.2) is 0 Å². The number of hydrogen-bond donors (Lipinski definition) is 0. The third-order valence-electron chi connectivity index (χ3n) is 2.24. The van der Waals surface area contributed by atoms with Crippen LogP contribution in [0.4, 0.5) is 0 Å². The lowest BCUT2D eigenvalue weighted by Crippen LogP contribution is -2.06. The normalized spacial score (nSPS) is 33.4. The van der Waals surface area contributed by atoms with Crippen LogP contribution in [0.25, 0.3) is 0 Å². The summed E-state index contributed by atoms with van der Waals surface area (Å²) in [5.74, 6) is 0. The van der Waals surface area contributed by atoms with Crippen molar-refractivity contribution in [2.24, 2.45) is 0 Å². The zero-order valence-electron chi connectivity index (χ0n) is 8.44. The number of hydrogen-bond acceptors (Lipinski definition) is 4. The topological polar surface area (TPSA) is 43.5 Å². The fraction of sp³-hybridized carbons (Fsp3) is 1.00. The highest BCUT2D eigenvalue weighted by Gasteiger charge is 2.26. The Kier molecular flexibility index (Phi) is 4.19. The van der Waals surface area contributed by atoms with Crippen molar-refractivity contribution in [3.63, 3.8) is 0 Å². The van der Waals surface area contributed by atoms with Crippen LogP contribution in [0.1, 0.15) is 12.8 Å². The van der Waals surface area contributed by atoms with Crippen LogP contribution in [0.15, 0.2) is 0 Å². The lowest BCUT2D eigenvalue weighted by molar-refractivity contribution is 0.102. The molecule has 4 heteroatoms. The molecule has 4 nitrogen and oxygen atoms in total. The molecule has 3 saturated heterocycles. The van der Waals surface area contributed by atoms with Crippen molar-refractivity contribution >= 4 is 0 Å². The third kappa shape index (κ3) is 4.91. The molecule has 3 aliphatic rings. The molecule has 2 atom stereocenters. The van der Waals surface area contributed by atoms with Gasteiger partial charge in [0.15, 0.2) is 0 Å². The van der Waals surface area contributed by atoms with E-state index in [0.717, 1.165) is 39.6 Å². The van der Waals surface area contributed by atoms with Gasteiger partial charge in [0.05, 0.1) is 26.4 Å². The molecule has 0 amide bonds. The van der Waals surface area contributed by atoms with E-state index in [1.807, 2.05) is 0 Å². The van der Waals surface area contributed by atoms with Crippen LogP contribution >= 0.6 is 0 Å². The summed E-state index contributed by atoms with van der Waals surface area (Å²) in [5.41, 5.74) is 0. The second-order valence-electron chi connectivity index (χ2n) is 3.77. The minimum atomic E-state index is 0.392. The van der Waals surface area contributed by atoms with Crippen molar-refractivity contribution in [2.75, 3.05) is 39.6 Å². The second-order valence-corrected chi connectivity index (χ2v) is 3.77. The van der Waals surface area contributed by atoms with E-state index in [2.05, 4.69) is 0 Å². The van der Waals surface area contributed by atoms with E-state index in [0.29, 0.717) is 12.2 Å². The minimum Gasteiger partial charge on any atom is -0.381 e. The molecule has 3 fully saturated rings. The van der Waals surface area contributed by atoms with Crippen LogP contribution in [-0.2, 0) is 18.9 Å². The van der Waals surface area contributed by atoms with Crippen molar-refractivity contribution < 1.29 is 18.9 Å². The summed E-state index contributed by atoms with van der Waals surface area (Å²) < 4.78 is 20.1. The van der Waals surface area contributed by atoms with Gasteiger partial charge in [-0.2, -0.15) is 0 Å². The van der Waals surface area contributed by atoms with Crippen LogP contribution in [0.5, 0.6) is 0 Å². The van der Waals surface area contributed by atoms with Gasteiger partial charge in [-0.3, -0.25) is 0 Å². The van der Waals surface area contributed by atoms with Crippen LogP contribution in [0.3, 0.4) is 0 Å². The predicted octanol–water partition coefficient (Wildman–Crippen LogP) is 0.597. The summed E-state index contributed by atoms with van der Waals surface area (Å²) in [6.07, 6.45) is 3.34. The van der Waals surface area contributed by atoms with E-state index >= 15 is 0 Å². The van der Waals surface area contributed by atoms with Crippen LogP contribution < -0.4 is 0 Å². The Bertz CT molecular complexity index is 131. The Hall–Kier alpha value is -0.160. The van der Waals surface area contributed by atoms with Gasteiger partial charge in [0, 0.05) is 13.2 Å². The van der Waals surface area contributed by atoms with Gasteiger partial charge in [0.25, 0.3) is 0 Å². The molecular weight excluding hydrogens is 184 g/mol. The fourth-order valence-corrected chi connectivity index (χ4v) is 1.17. The summed E-state index contributed by atoms with van der Waals surface area (Å²) in [6, 6.07) is 0. The van der Waals surface area contributed by atoms with Crippen molar-refractivity contribution in [1.29, 1.82) is 0 Å². The monoisotopic (exact) mass is 202 g/mol. The van der Waals surface area contributed by atoms with Gasteiger partial charge in [-0.05, 0) is 12.8 Å². The highest BCUT2D eigenvalue weighted by atomic mass is 16.6. The molecule has 0 aromatic heterocycles. The summed E-state index contributed by atoms with van der Waals surface area (Å²) in [6.45, 7) is 5.26. The molecule has 0 bridgehead atoms. The smallest absolute Gasteiger partial charge is 0.104 e. The first-order valence-corrected chi connectivity index (χ1v) is 5.34. The Labute approximate surface area is 84.5 Å². The van der Waals surface area contributed by atoms with E-state index in [1.54, 1.807) is 0 Å². The number of rotatable bonds is 4. The minimum absolute atomic E-state index is 0.392. The average Bonchev–Trinajstić information content (AvgIpc) is 3.12. The van der Waals surface area contributed by atoms with Crippen molar-refractivity contribution in [1.82, 2.24) is 0 Å². The number of ether oxygens (including phenoxy) is 4. The lowest BCUT2D eigenvalue weighted by atomic mass is 10.4. The Morgan fingerprint density at radius 2 is 1.43 bits per heavy atom. The van der Waals surface area contributed by atoms with Crippen LogP contribution in [0, 0.1) is 0 Å². The summed E-state index contributed by atoms with van der Waals surface area (Å²) in [5, 5.41) is 0. The van der Waals surface area contributed by atoms with Gasteiger partial charge >= 0.3 is 0 Å². The summed E-state index contributed by atoms with van der Waals surface area (Å²) in [4.78, 5) is 0. The molecule has 14 heavy (non-hydrogen) atoms. The van der Waals surface area contributed by atoms with E-state index in [4.69, 9.17) is 18.9 Å². The van der Waals surface area contributed by atoms with E-state index in [9.17, 15) is 0 Å². The molecule has 0 radical (unpaired) electrons.